The summed E-state index contributed by atoms with van der Waals surface area (Å²) in [6.45, 7) is 1.47. The Kier molecular flexibility index (Phi) is 2.63. The number of rotatable bonds is 4. The van der Waals surface area contributed by atoms with E-state index in [1.807, 2.05) is 12.5 Å². The molecule has 1 aliphatic carbocycles. The van der Waals surface area contributed by atoms with E-state index in [9.17, 15) is 0 Å². The van der Waals surface area contributed by atoms with Gasteiger partial charge in [-0.1, -0.05) is 6.07 Å². The summed E-state index contributed by atoms with van der Waals surface area (Å²) in [5.41, 5.74) is 9.42. The molecule has 0 aliphatic heterocycles. The van der Waals surface area contributed by atoms with Crippen molar-refractivity contribution in [3.05, 3.63) is 54.2 Å². The predicted molar refractivity (Wildman–Crippen MR) is 79.4 cm³/mol. The molecular formula is C16H18N4. The number of hydrogen-bond acceptors (Lipinski definition) is 2. The summed E-state index contributed by atoms with van der Waals surface area (Å²) >= 11 is 0. The zero-order chi connectivity index (χ0) is 13.5. The first kappa shape index (κ1) is 11.7. The van der Waals surface area contributed by atoms with Crippen molar-refractivity contribution in [1.29, 1.82) is 0 Å². The zero-order valence-electron chi connectivity index (χ0n) is 11.4. The molecule has 0 spiro atoms. The lowest BCUT2D eigenvalue weighted by Crippen LogP contribution is -2.05. The molecule has 0 saturated heterocycles. The van der Waals surface area contributed by atoms with Crippen molar-refractivity contribution in [1.82, 2.24) is 14.1 Å². The highest BCUT2D eigenvalue weighted by molar-refractivity contribution is 5.81. The zero-order valence-corrected chi connectivity index (χ0v) is 11.4. The van der Waals surface area contributed by atoms with Crippen molar-refractivity contribution >= 4 is 10.9 Å². The molecule has 2 N–H and O–H groups in total. The lowest BCUT2D eigenvalue weighted by molar-refractivity contribution is 0.665. The second-order valence-corrected chi connectivity index (χ2v) is 5.56. The molecule has 1 aliphatic rings. The lowest BCUT2D eigenvalue weighted by Gasteiger charge is -2.09. The maximum Gasteiger partial charge on any atom is 0.0951 e. The maximum absolute atomic E-state index is 5.70. The van der Waals surface area contributed by atoms with E-state index in [0.717, 1.165) is 6.54 Å². The first-order valence-corrected chi connectivity index (χ1v) is 7.14. The smallest absolute Gasteiger partial charge is 0.0951 e. The summed E-state index contributed by atoms with van der Waals surface area (Å²) in [5, 5.41) is 1.26. The fourth-order valence-corrected chi connectivity index (χ4v) is 2.82. The topological polar surface area (TPSA) is 48.8 Å². The van der Waals surface area contributed by atoms with Crippen molar-refractivity contribution in [3.63, 3.8) is 0 Å². The largest absolute Gasteiger partial charge is 0.341 e. The molecule has 4 nitrogen and oxygen atoms in total. The van der Waals surface area contributed by atoms with Crippen LogP contribution in [0, 0.1) is 0 Å². The molecule has 0 atom stereocenters. The highest BCUT2D eigenvalue weighted by Gasteiger charge is 2.25. The summed E-state index contributed by atoms with van der Waals surface area (Å²) in [7, 11) is 0. The fourth-order valence-electron chi connectivity index (χ4n) is 2.82. The van der Waals surface area contributed by atoms with Gasteiger partial charge >= 0.3 is 0 Å². The van der Waals surface area contributed by atoms with Crippen LogP contribution in [0.15, 0.2) is 43.0 Å². The Labute approximate surface area is 117 Å². The molecule has 0 radical (unpaired) electrons. The standard InChI is InChI=1S/C16H18N4/c17-8-12-1-4-16-13(7-12)5-6-19(16)10-15-9-18-11-20(15)14-2-3-14/h1,4-7,9,11,14H,2-3,8,10,17H2. The minimum atomic E-state index is 0.593. The van der Waals surface area contributed by atoms with E-state index in [-0.39, 0.29) is 0 Å². The van der Waals surface area contributed by atoms with Crippen LogP contribution in [0.3, 0.4) is 0 Å². The molecule has 3 aromatic rings. The number of nitrogens with two attached hydrogens (primary N) is 1. The third-order valence-corrected chi connectivity index (χ3v) is 4.09. The SMILES string of the molecule is NCc1ccc2c(ccn2Cc2cncn2C2CC2)c1. The number of hydrogen-bond donors (Lipinski definition) is 1. The third kappa shape index (κ3) is 1.93. The van der Waals surface area contributed by atoms with Gasteiger partial charge in [-0.3, -0.25) is 0 Å². The van der Waals surface area contributed by atoms with Crippen LogP contribution >= 0.6 is 0 Å². The number of imidazole rings is 1. The Balaban J connectivity index is 1.69. The van der Waals surface area contributed by atoms with Crippen LogP contribution in [-0.2, 0) is 13.1 Å². The molecule has 1 aromatic carbocycles. The minimum Gasteiger partial charge on any atom is -0.341 e. The van der Waals surface area contributed by atoms with Crippen molar-refractivity contribution in [2.75, 3.05) is 0 Å². The normalized spacial score (nSPS) is 15.1. The van der Waals surface area contributed by atoms with E-state index in [1.54, 1.807) is 0 Å². The molecule has 102 valence electrons. The van der Waals surface area contributed by atoms with Crippen molar-refractivity contribution in [2.45, 2.75) is 32.0 Å². The molecule has 4 heteroatoms. The molecule has 0 amide bonds. The summed E-state index contributed by atoms with van der Waals surface area (Å²) in [6, 6.07) is 9.28. The van der Waals surface area contributed by atoms with Crippen LogP contribution in [0.4, 0.5) is 0 Å². The van der Waals surface area contributed by atoms with Crippen LogP contribution in [0.1, 0.15) is 30.1 Å². The Morgan fingerprint density at radius 3 is 2.95 bits per heavy atom. The number of fused-ring (bicyclic) bond motifs is 1. The van der Waals surface area contributed by atoms with E-state index in [1.165, 1.54) is 35.0 Å². The third-order valence-electron chi connectivity index (χ3n) is 4.09. The van der Waals surface area contributed by atoms with Gasteiger partial charge in [0.05, 0.1) is 18.6 Å². The molecule has 2 aromatic heterocycles. The average Bonchev–Trinajstić information content (AvgIpc) is 3.09. The quantitative estimate of drug-likeness (QED) is 0.789. The fraction of sp³-hybridized carbons (Fsp3) is 0.312. The highest BCUT2D eigenvalue weighted by atomic mass is 15.1. The average molecular weight is 266 g/mol. The molecule has 4 rings (SSSR count). The van der Waals surface area contributed by atoms with Gasteiger partial charge in [-0.25, -0.2) is 4.98 Å². The van der Waals surface area contributed by atoms with Crippen LogP contribution in [-0.4, -0.2) is 14.1 Å². The van der Waals surface area contributed by atoms with Crippen molar-refractivity contribution in [3.8, 4) is 0 Å². The van der Waals surface area contributed by atoms with Gasteiger partial charge in [0.2, 0.25) is 0 Å². The van der Waals surface area contributed by atoms with Gasteiger partial charge in [-0.2, -0.15) is 0 Å². The van der Waals surface area contributed by atoms with Gasteiger partial charge in [0.25, 0.3) is 0 Å². The molecule has 1 saturated carbocycles. The molecule has 2 heterocycles. The van der Waals surface area contributed by atoms with Crippen molar-refractivity contribution < 1.29 is 0 Å². The summed E-state index contributed by atoms with van der Waals surface area (Å²) < 4.78 is 4.60. The van der Waals surface area contributed by atoms with Gasteiger partial charge in [-0.05, 0) is 42.0 Å². The monoisotopic (exact) mass is 266 g/mol. The second kappa shape index (κ2) is 4.49. The Morgan fingerprint density at radius 2 is 2.15 bits per heavy atom. The summed E-state index contributed by atoms with van der Waals surface area (Å²) in [5.74, 6) is 0. The Bertz CT molecular complexity index is 749. The summed E-state index contributed by atoms with van der Waals surface area (Å²) in [6.07, 6.45) is 8.67. The number of nitrogens with zero attached hydrogens (tertiary/aromatic N) is 3. The Hall–Kier alpha value is -2.07. The molecule has 1 fully saturated rings. The lowest BCUT2D eigenvalue weighted by atomic mass is 10.1. The number of benzene rings is 1. The first-order valence-electron chi connectivity index (χ1n) is 7.14. The van der Waals surface area contributed by atoms with Gasteiger partial charge < -0.3 is 14.9 Å². The van der Waals surface area contributed by atoms with Gasteiger partial charge in [-0.15, -0.1) is 0 Å². The molecule has 0 unspecified atom stereocenters. The van der Waals surface area contributed by atoms with Gasteiger partial charge in [0.15, 0.2) is 0 Å². The molecular weight excluding hydrogens is 248 g/mol. The van der Waals surface area contributed by atoms with E-state index >= 15 is 0 Å². The van der Waals surface area contributed by atoms with Crippen LogP contribution < -0.4 is 5.73 Å². The molecule has 0 bridgehead atoms. The Morgan fingerprint density at radius 1 is 1.25 bits per heavy atom. The van der Waals surface area contributed by atoms with E-state index in [4.69, 9.17) is 5.73 Å². The van der Waals surface area contributed by atoms with Crippen LogP contribution in [0.5, 0.6) is 0 Å². The van der Waals surface area contributed by atoms with Crippen LogP contribution in [0.2, 0.25) is 0 Å². The highest BCUT2D eigenvalue weighted by Crippen LogP contribution is 2.35. The van der Waals surface area contributed by atoms with E-state index in [2.05, 4.69) is 44.6 Å². The van der Waals surface area contributed by atoms with Gasteiger partial charge in [0, 0.05) is 30.5 Å². The van der Waals surface area contributed by atoms with E-state index in [0.29, 0.717) is 12.6 Å². The minimum absolute atomic E-state index is 0.593. The predicted octanol–water partition coefficient (Wildman–Crippen LogP) is 2.68. The van der Waals surface area contributed by atoms with Crippen molar-refractivity contribution in [2.24, 2.45) is 5.73 Å². The summed E-state index contributed by atoms with van der Waals surface area (Å²) in [4.78, 5) is 4.30. The first-order chi connectivity index (χ1) is 9.85. The van der Waals surface area contributed by atoms with E-state index < -0.39 is 0 Å². The van der Waals surface area contributed by atoms with Crippen LogP contribution in [0.25, 0.3) is 10.9 Å². The van der Waals surface area contributed by atoms with Gasteiger partial charge in [0.1, 0.15) is 0 Å². The second-order valence-electron chi connectivity index (χ2n) is 5.56. The number of aromatic nitrogens is 3. The maximum atomic E-state index is 5.70. The molecule has 20 heavy (non-hydrogen) atoms.